The molecule has 0 heterocycles. The lowest BCUT2D eigenvalue weighted by Gasteiger charge is -2.21. The highest BCUT2D eigenvalue weighted by molar-refractivity contribution is 7.87. The number of aliphatic hydroxyl groups is 1. The van der Waals surface area contributed by atoms with Gasteiger partial charge in [-0.25, -0.2) is 0 Å². The minimum absolute atomic E-state index is 0.00716. The number of hydrogen-bond donors (Lipinski definition) is 2. The van der Waals surface area contributed by atoms with Gasteiger partial charge in [0.15, 0.2) is 0 Å². The molecule has 0 radical (unpaired) electrons. The van der Waals surface area contributed by atoms with Crippen molar-refractivity contribution in [2.24, 2.45) is 0 Å². The highest BCUT2D eigenvalue weighted by atomic mass is 32.2. The Morgan fingerprint density at radius 3 is 2.00 bits per heavy atom. The summed E-state index contributed by atoms with van der Waals surface area (Å²) in [5.74, 6) is 0. The monoisotopic (exact) mass is 300 g/mol. The van der Waals surface area contributed by atoms with Crippen LogP contribution in [-0.2, 0) is 23.4 Å². The summed E-state index contributed by atoms with van der Waals surface area (Å²) in [7, 11) is -3.43. The number of rotatable bonds is 9. The van der Waals surface area contributed by atoms with E-state index in [-0.39, 0.29) is 13.2 Å². The molecule has 1 aromatic carbocycles. The molecule has 0 spiro atoms. The molecule has 0 aromatic heterocycles. The van der Waals surface area contributed by atoms with Gasteiger partial charge in [-0.1, -0.05) is 38.1 Å². The third-order valence-corrected chi connectivity index (χ3v) is 4.50. The van der Waals surface area contributed by atoms with Gasteiger partial charge in [0.2, 0.25) is 0 Å². The molecule has 0 saturated heterocycles. The number of hydrogen-bond acceptors (Lipinski definition) is 3. The molecule has 114 valence electrons. The van der Waals surface area contributed by atoms with Gasteiger partial charge >= 0.3 is 0 Å². The van der Waals surface area contributed by atoms with Crippen molar-refractivity contribution in [3.05, 3.63) is 35.4 Å². The SMILES string of the molecule is CCCN(CCC)S(=O)(=O)NCc1ccc(CO)cc1. The van der Waals surface area contributed by atoms with E-state index in [1.165, 1.54) is 4.31 Å². The first kappa shape index (κ1) is 17.1. The summed E-state index contributed by atoms with van der Waals surface area (Å²) in [5, 5.41) is 8.96. The van der Waals surface area contributed by atoms with Crippen LogP contribution >= 0.6 is 0 Å². The number of nitrogens with one attached hydrogen (secondary N) is 1. The Kier molecular flexibility index (Phi) is 7.15. The smallest absolute Gasteiger partial charge is 0.279 e. The second-order valence-electron chi connectivity index (χ2n) is 4.70. The average Bonchev–Trinajstić information content (AvgIpc) is 2.45. The normalized spacial score (nSPS) is 12.0. The molecular weight excluding hydrogens is 276 g/mol. The quantitative estimate of drug-likeness (QED) is 0.728. The molecule has 0 fully saturated rings. The summed E-state index contributed by atoms with van der Waals surface area (Å²) in [4.78, 5) is 0. The first-order valence-corrected chi connectivity index (χ1v) is 8.41. The highest BCUT2D eigenvalue weighted by Gasteiger charge is 2.19. The van der Waals surface area contributed by atoms with E-state index in [1.54, 1.807) is 12.1 Å². The molecule has 20 heavy (non-hydrogen) atoms. The van der Waals surface area contributed by atoms with E-state index in [9.17, 15) is 8.42 Å². The lowest BCUT2D eigenvalue weighted by molar-refractivity contribution is 0.282. The van der Waals surface area contributed by atoms with Crippen LogP contribution in [0.1, 0.15) is 37.8 Å². The molecule has 0 aliphatic carbocycles. The predicted molar refractivity (Wildman–Crippen MR) is 80.3 cm³/mol. The van der Waals surface area contributed by atoms with E-state index >= 15 is 0 Å². The Morgan fingerprint density at radius 2 is 1.55 bits per heavy atom. The fourth-order valence-corrected chi connectivity index (χ4v) is 3.26. The topological polar surface area (TPSA) is 69.6 Å². The first-order valence-electron chi connectivity index (χ1n) is 6.96. The number of aliphatic hydroxyl groups excluding tert-OH is 1. The highest BCUT2D eigenvalue weighted by Crippen LogP contribution is 2.06. The van der Waals surface area contributed by atoms with E-state index in [1.807, 2.05) is 26.0 Å². The van der Waals surface area contributed by atoms with Crippen molar-refractivity contribution in [1.82, 2.24) is 9.03 Å². The minimum Gasteiger partial charge on any atom is -0.392 e. The second kappa shape index (κ2) is 8.36. The van der Waals surface area contributed by atoms with E-state index < -0.39 is 10.2 Å². The Morgan fingerprint density at radius 1 is 1.05 bits per heavy atom. The van der Waals surface area contributed by atoms with E-state index in [4.69, 9.17) is 5.11 Å². The third-order valence-electron chi connectivity index (χ3n) is 2.95. The molecular formula is C14H24N2O3S. The zero-order valence-corrected chi connectivity index (χ0v) is 13.0. The van der Waals surface area contributed by atoms with Gasteiger partial charge in [-0.2, -0.15) is 17.4 Å². The van der Waals surface area contributed by atoms with E-state index in [0.29, 0.717) is 13.1 Å². The van der Waals surface area contributed by atoms with Crippen LogP contribution in [0, 0.1) is 0 Å². The Bertz CT molecular complexity index is 480. The molecule has 0 unspecified atom stereocenters. The van der Waals surface area contributed by atoms with Gasteiger partial charge in [-0.05, 0) is 24.0 Å². The predicted octanol–water partition coefficient (Wildman–Crippen LogP) is 1.64. The van der Waals surface area contributed by atoms with E-state index in [0.717, 1.165) is 24.0 Å². The number of benzene rings is 1. The average molecular weight is 300 g/mol. The zero-order chi connectivity index (χ0) is 15.0. The molecule has 0 saturated carbocycles. The maximum atomic E-state index is 12.2. The first-order chi connectivity index (χ1) is 9.53. The Balaban J connectivity index is 2.64. The van der Waals surface area contributed by atoms with Gasteiger partial charge < -0.3 is 5.11 Å². The fourth-order valence-electron chi connectivity index (χ4n) is 1.88. The van der Waals surface area contributed by atoms with Crippen LogP contribution in [0.2, 0.25) is 0 Å². The van der Waals surface area contributed by atoms with Crippen LogP contribution in [-0.4, -0.2) is 30.9 Å². The molecule has 2 N–H and O–H groups in total. The van der Waals surface area contributed by atoms with Crippen LogP contribution in [0.25, 0.3) is 0 Å². The molecule has 0 aliphatic rings. The fraction of sp³-hybridized carbons (Fsp3) is 0.571. The molecule has 0 atom stereocenters. The van der Waals surface area contributed by atoms with Crippen LogP contribution in [0.4, 0.5) is 0 Å². The van der Waals surface area contributed by atoms with Crippen LogP contribution < -0.4 is 4.72 Å². The maximum absolute atomic E-state index is 12.2. The van der Waals surface area contributed by atoms with Gasteiger partial charge in [0.25, 0.3) is 10.2 Å². The van der Waals surface area contributed by atoms with Crippen molar-refractivity contribution in [2.75, 3.05) is 13.1 Å². The van der Waals surface area contributed by atoms with Crippen molar-refractivity contribution in [1.29, 1.82) is 0 Å². The van der Waals surface area contributed by atoms with E-state index in [2.05, 4.69) is 4.72 Å². The number of nitrogens with zero attached hydrogens (tertiary/aromatic N) is 1. The standard InChI is InChI=1S/C14H24N2O3S/c1-3-9-16(10-4-2)20(18,19)15-11-13-5-7-14(12-17)8-6-13/h5-8,15,17H,3-4,9-12H2,1-2H3. The molecule has 0 aliphatic heterocycles. The second-order valence-corrected chi connectivity index (χ2v) is 6.46. The summed E-state index contributed by atoms with van der Waals surface area (Å²) in [6.45, 7) is 5.25. The van der Waals surface area contributed by atoms with Gasteiger partial charge in [-0.3, -0.25) is 0 Å². The van der Waals surface area contributed by atoms with Gasteiger partial charge in [0.1, 0.15) is 0 Å². The van der Waals surface area contributed by atoms with Gasteiger partial charge in [0.05, 0.1) is 6.61 Å². The zero-order valence-electron chi connectivity index (χ0n) is 12.2. The molecule has 0 bridgehead atoms. The van der Waals surface area contributed by atoms with Crippen LogP contribution in [0.3, 0.4) is 0 Å². The Labute approximate surface area is 121 Å². The summed E-state index contributed by atoms with van der Waals surface area (Å²) in [6.07, 6.45) is 1.60. The summed E-state index contributed by atoms with van der Waals surface area (Å²) >= 11 is 0. The molecule has 5 nitrogen and oxygen atoms in total. The van der Waals surface area contributed by atoms with Crippen molar-refractivity contribution >= 4 is 10.2 Å². The van der Waals surface area contributed by atoms with Crippen molar-refractivity contribution < 1.29 is 13.5 Å². The summed E-state index contributed by atoms with van der Waals surface area (Å²) in [5.41, 5.74) is 1.69. The summed E-state index contributed by atoms with van der Waals surface area (Å²) < 4.78 is 28.5. The van der Waals surface area contributed by atoms with Crippen molar-refractivity contribution in [3.8, 4) is 0 Å². The molecule has 1 rings (SSSR count). The van der Waals surface area contributed by atoms with Crippen molar-refractivity contribution in [3.63, 3.8) is 0 Å². The largest absolute Gasteiger partial charge is 0.392 e. The summed E-state index contributed by atoms with van der Waals surface area (Å²) in [6, 6.07) is 7.22. The van der Waals surface area contributed by atoms with Crippen molar-refractivity contribution in [2.45, 2.75) is 39.8 Å². The Hall–Kier alpha value is -0.950. The lowest BCUT2D eigenvalue weighted by atomic mass is 10.1. The van der Waals surface area contributed by atoms with Gasteiger partial charge in [-0.15, -0.1) is 0 Å². The maximum Gasteiger partial charge on any atom is 0.279 e. The van der Waals surface area contributed by atoms with Gasteiger partial charge in [0, 0.05) is 19.6 Å². The molecule has 0 amide bonds. The minimum atomic E-state index is -3.43. The molecule has 6 heteroatoms. The third kappa shape index (κ3) is 5.20. The van der Waals surface area contributed by atoms with Crippen LogP contribution in [0.15, 0.2) is 24.3 Å². The lowest BCUT2D eigenvalue weighted by Crippen LogP contribution is -2.41. The van der Waals surface area contributed by atoms with Crippen LogP contribution in [0.5, 0.6) is 0 Å². The molecule has 1 aromatic rings.